The van der Waals surface area contributed by atoms with Crippen molar-refractivity contribution in [3.63, 3.8) is 0 Å². The lowest BCUT2D eigenvalue weighted by Crippen LogP contribution is -2.03. The smallest absolute Gasteiger partial charge is 0.336 e. The molecule has 3 aromatic rings. The van der Waals surface area contributed by atoms with Crippen LogP contribution in [0.15, 0.2) is 60.7 Å². The third kappa shape index (κ3) is 4.44. The van der Waals surface area contributed by atoms with Crippen LogP contribution in [-0.2, 0) is 9.59 Å². The molecule has 0 bridgehead atoms. The topological polar surface area (TPSA) is 115 Å². The Morgan fingerprint density at radius 1 is 0.808 bits per heavy atom. The standard InChI is InChI=1S/C18H12O4.C2H6O2/c19-17(20)10-16(18(21)22)14-7-3-6-13-8-11-4-1-2-5-12(11)9-15(13)14;3-1-2-4/h1-10H,(H,19,20)(H,21,22);3-4H,1-2H2/b16-10-;. The highest BCUT2D eigenvalue weighted by Gasteiger charge is 2.15. The van der Waals surface area contributed by atoms with Crippen LogP contribution in [0, 0.1) is 0 Å². The van der Waals surface area contributed by atoms with Crippen molar-refractivity contribution in [1.82, 2.24) is 0 Å². The Morgan fingerprint density at radius 3 is 1.92 bits per heavy atom. The number of aliphatic hydroxyl groups is 2. The number of fused-ring (bicyclic) bond motifs is 2. The predicted molar refractivity (Wildman–Crippen MR) is 98.9 cm³/mol. The molecule has 26 heavy (non-hydrogen) atoms. The van der Waals surface area contributed by atoms with E-state index in [0.29, 0.717) is 5.56 Å². The third-order valence-electron chi connectivity index (χ3n) is 3.64. The van der Waals surface area contributed by atoms with Crippen molar-refractivity contribution in [3.05, 3.63) is 66.2 Å². The van der Waals surface area contributed by atoms with Gasteiger partial charge in [-0.2, -0.15) is 0 Å². The van der Waals surface area contributed by atoms with Gasteiger partial charge in [0.1, 0.15) is 0 Å². The van der Waals surface area contributed by atoms with Crippen LogP contribution in [0.25, 0.3) is 27.1 Å². The van der Waals surface area contributed by atoms with E-state index in [-0.39, 0.29) is 18.8 Å². The molecule has 6 heteroatoms. The average molecular weight is 354 g/mol. The van der Waals surface area contributed by atoms with Gasteiger partial charge in [0.15, 0.2) is 0 Å². The first kappa shape index (κ1) is 19.1. The van der Waals surface area contributed by atoms with Gasteiger partial charge in [-0.3, -0.25) is 0 Å². The Hall–Kier alpha value is -3.22. The summed E-state index contributed by atoms with van der Waals surface area (Å²) in [6.07, 6.45) is 0.728. The molecule has 0 aromatic heterocycles. The van der Waals surface area contributed by atoms with Gasteiger partial charge >= 0.3 is 11.9 Å². The lowest BCUT2D eigenvalue weighted by Gasteiger charge is -2.09. The quantitative estimate of drug-likeness (QED) is 0.423. The molecule has 0 saturated heterocycles. The maximum atomic E-state index is 11.4. The summed E-state index contributed by atoms with van der Waals surface area (Å²) in [6, 6.07) is 16.8. The van der Waals surface area contributed by atoms with Gasteiger partial charge in [0.2, 0.25) is 0 Å². The minimum absolute atomic E-state index is 0.125. The Labute approximate surface area is 149 Å². The van der Waals surface area contributed by atoms with Crippen LogP contribution < -0.4 is 0 Å². The highest BCUT2D eigenvalue weighted by molar-refractivity contribution is 6.23. The van der Waals surface area contributed by atoms with E-state index in [1.54, 1.807) is 12.1 Å². The molecule has 0 aliphatic carbocycles. The van der Waals surface area contributed by atoms with Crippen LogP contribution in [0.2, 0.25) is 0 Å². The fourth-order valence-corrected chi connectivity index (χ4v) is 2.58. The molecule has 0 atom stereocenters. The van der Waals surface area contributed by atoms with Gasteiger partial charge in [0.25, 0.3) is 0 Å². The molecule has 0 aliphatic heterocycles. The Morgan fingerprint density at radius 2 is 1.38 bits per heavy atom. The molecule has 0 amide bonds. The van der Waals surface area contributed by atoms with Crippen molar-refractivity contribution in [2.75, 3.05) is 13.2 Å². The molecule has 4 N–H and O–H groups in total. The highest BCUT2D eigenvalue weighted by Crippen LogP contribution is 2.29. The summed E-state index contributed by atoms with van der Waals surface area (Å²) in [5.74, 6) is -2.54. The molecule has 6 nitrogen and oxygen atoms in total. The molecule has 0 saturated carbocycles. The molecule has 0 aliphatic rings. The summed E-state index contributed by atoms with van der Waals surface area (Å²) in [6.45, 7) is -0.250. The number of aliphatic carboxylic acids is 2. The maximum Gasteiger partial charge on any atom is 0.336 e. The van der Waals surface area contributed by atoms with Crippen molar-refractivity contribution in [2.24, 2.45) is 0 Å². The predicted octanol–water partition coefficient (Wildman–Crippen LogP) is 2.52. The first-order valence-corrected chi connectivity index (χ1v) is 7.79. The second kappa shape index (κ2) is 8.75. The normalized spacial score (nSPS) is 11.1. The lowest BCUT2D eigenvalue weighted by molar-refractivity contribution is -0.133. The molecule has 134 valence electrons. The first-order valence-electron chi connectivity index (χ1n) is 7.79. The van der Waals surface area contributed by atoms with Crippen LogP contribution in [-0.4, -0.2) is 45.6 Å². The molecule has 0 spiro atoms. The number of benzene rings is 3. The van der Waals surface area contributed by atoms with E-state index in [1.165, 1.54) is 0 Å². The zero-order valence-corrected chi connectivity index (χ0v) is 13.8. The van der Waals surface area contributed by atoms with Gasteiger partial charge < -0.3 is 20.4 Å². The van der Waals surface area contributed by atoms with Gasteiger partial charge in [0, 0.05) is 6.08 Å². The number of hydrogen-bond acceptors (Lipinski definition) is 4. The van der Waals surface area contributed by atoms with Crippen molar-refractivity contribution in [3.8, 4) is 0 Å². The molecule has 0 unspecified atom stereocenters. The van der Waals surface area contributed by atoms with Crippen LogP contribution >= 0.6 is 0 Å². The zero-order valence-electron chi connectivity index (χ0n) is 13.8. The third-order valence-corrected chi connectivity index (χ3v) is 3.64. The fraction of sp³-hybridized carbons (Fsp3) is 0.100. The fourth-order valence-electron chi connectivity index (χ4n) is 2.58. The summed E-state index contributed by atoms with van der Waals surface area (Å²) < 4.78 is 0. The number of hydrogen-bond donors (Lipinski definition) is 4. The number of rotatable bonds is 4. The molecule has 3 rings (SSSR count). The van der Waals surface area contributed by atoms with Crippen LogP contribution in [0.3, 0.4) is 0 Å². The van der Waals surface area contributed by atoms with Crippen molar-refractivity contribution >= 4 is 39.1 Å². The molecular weight excluding hydrogens is 336 g/mol. The number of carboxylic acids is 2. The molecule has 0 radical (unpaired) electrons. The zero-order chi connectivity index (χ0) is 19.1. The van der Waals surface area contributed by atoms with Gasteiger partial charge in [-0.05, 0) is 39.2 Å². The minimum atomic E-state index is -1.28. The van der Waals surface area contributed by atoms with Gasteiger partial charge in [-0.25, -0.2) is 9.59 Å². The summed E-state index contributed by atoms with van der Waals surface area (Å²) in [4.78, 5) is 22.3. The summed E-state index contributed by atoms with van der Waals surface area (Å²) in [5.41, 5.74) is 0.173. The van der Waals surface area contributed by atoms with E-state index in [4.69, 9.17) is 15.3 Å². The second-order valence-corrected chi connectivity index (χ2v) is 5.37. The van der Waals surface area contributed by atoms with Crippen LogP contribution in [0.1, 0.15) is 5.56 Å². The Bertz CT molecular complexity index is 972. The van der Waals surface area contributed by atoms with E-state index < -0.39 is 11.9 Å². The van der Waals surface area contributed by atoms with E-state index in [0.717, 1.165) is 27.6 Å². The summed E-state index contributed by atoms with van der Waals surface area (Å²) in [5, 5.41) is 37.1. The summed E-state index contributed by atoms with van der Waals surface area (Å²) >= 11 is 0. The van der Waals surface area contributed by atoms with Crippen molar-refractivity contribution in [2.45, 2.75) is 0 Å². The number of carboxylic acid groups (broad SMARTS) is 2. The maximum absolute atomic E-state index is 11.4. The van der Waals surface area contributed by atoms with Gasteiger partial charge in [-0.1, -0.05) is 42.5 Å². The molecule has 0 heterocycles. The molecule has 0 fully saturated rings. The number of aliphatic hydroxyl groups excluding tert-OH is 2. The largest absolute Gasteiger partial charge is 0.478 e. The van der Waals surface area contributed by atoms with E-state index in [2.05, 4.69) is 0 Å². The van der Waals surface area contributed by atoms with Crippen LogP contribution in [0.5, 0.6) is 0 Å². The Balaban J connectivity index is 0.000000552. The van der Waals surface area contributed by atoms with E-state index in [9.17, 15) is 14.7 Å². The number of carbonyl (C=O) groups is 2. The van der Waals surface area contributed by atoms with Gasteiger partial charge in [0.05, 0.1) is 18.8 Å². The van der Waals surface area contributed by atoms with Gasteiger partial charge in [-0.15, -0.1) is 0 Å². The Kier molecular flexibility index (Phi) is 6.43. The van der Waals surface area contributed by atoms with E-state index >= 15 is 0 Å². The highest BCUT2D eigenvalue weighted by atomic mass is 16.4. The van der Waals surface area contributed by atoms with Crippen LogP contribution in [0.4, 0.5) is 0 Å². The lowest BCUT2D eigenvalue weighted by atomic mass is 9.95. The first-order chi connectivity index (χ1) is 12.5. The second-order valence-electron chi connectivity index (χ2n) is 5.37. The van der Waals surface area contributed by atoms with Crippen molar-refractivity contribution < 1.29 is 30.0 Å². The molecule has 3 aromatic carbocycles. The SMILES string of the molecule is O=C(O)/C=C(\C(=O)O)c1cccc2cc3ccccc3cc12.OCCO. The van der Waals surface area contributed by atoms with Crippen molar-refractivity contribution in [1.29, 1.82) is 0 Å². The summed E-state index contributed by atoms with van der Waals surface area (Å²) in [7, 11) is 0. The average Bonchev–Trinajstić information content (AvgIpc) is 2.64. The minimum Gasteiger partial charge on any atom is -0.478 e. The van der Waals surface area contributed by atoms with E-state index in [1.807, 2.05) is 42.5 Å². The monoisotopic (exact) mass is 354 g/mol. The molecular formula is C20H18O6.